The van der Waals surface area contributed by atoms with Crippen LogP contribution in [0.25, 0.3) is 0 Å². The van der Waals surface area contributed by atoms with Crippen molar-refractivity contribution in [2.24, 2.45) is 0 Å². The van der Waals surface area contributed by atoms with E-state index in [9.17, 15) is 4.79 Å². The Hall–Kier alpha value is -3.15. The lowest BCUT2D eigenvalue weighted by Gasteiger charge is -2.11. The molecule has 0 bridgehead atoms. The Bertz CT molecular complexity index is 824. The highest BCUT2D eigenvalue weighted by Gasteiger charge is 2.15. The summed E-state index contributed by atoms with van der Waals surface area (Å²) in [5.74, 6) is 1.42. The van der Waals surface area contributed by atoms with Crippen molar-refractivity contribution in [1.29, 1.82) is 0 Å². The molecule has 0 radical (unpaired) electrons. The molecule has 0 saturated carbocycles. The summed E-state index contributed by atoms with van der Waals surface area (Å²) >= 11 is 0. The first-order valence-corrected chi connectivity index (χ1v) is 7.51. The average Bonchev–Trinajstić information content (AvgIpc) is 2.92. The number of hydrogen-bond acceptors (Lipinski definition) is 5. The van der Waals surface area contributed by atoms with Gasteiger partial charge in [-0.2, -0.15) is 0 Å². The predicted octanol–water partition coefficient (Wildman–Crippen LogP) is 3.52. The molecule has 1 aromatic carbocycles. The zero-order valence-electron chi connectivity index (χ0n) is 13.4. The van der Waals surface area contributed by atoms with Gasteiger partial charge >= 0.3 is 0 Å². The summed E-state index contributed by atoms with van der Waals surface area (Å²) in [6, 6.07) is 12.4. The van der Waals surface area contributed by atoms with Gasteiger partial charge < -0.3 is 14.6 Å². The summed E-state index contributed by atoms with van der Waals surface area (Å²) in [6.45, 7) is 3.97. The predicted molar refractivity (Wildman–Crippen MR) is 88.9 cm³/mol. The smallest absolute Gasteiger partial charge is 0.260 e. The van der Waals surface area contributed by atoms with E-state index in [0.717, 1.165) is 11.3 Å². The second-order valence-electron chi connectivity index (χ2n) is 5.26. The van der Waals surface area contributed by atoms with Crippen LogP contribution in [0.1, 0.15) is 27.4 Å². The number of anilines is 1. The van der Waals surface area contributed by atoms with Gasteiger partial charge in [-0.1, -0.05) is 23.4 Å². The van der Waals surface area contributed by atoms with Crippen LogP contribution >= 0.6 is 0 Å². The lowest BCUT2D eigenvalue weighted by Crippen LogP contribution is -2.14. The number of nitrogens with zero attached hydrogens (tertiary/aromatic N) is 2. The van der Waals surface area contributed by atoms with Crippen LogP contribution in [0, 0.1) is 13.8 Å². The minimum atomic E-state index is -0.275. The Labute approximate surface area is 139 Å². The van der Waals surface area contributed by atoms with E-state index in [4.69, 9.17) is 9.26 Å². The number of benzene rings is 1. The first-order chi connectivity index (χ1) is 11.6. The van der Waals surface area contributed by atoms with Crippen LogP contribution in [0.2, 0.25) is 0 Å². The zero-order chi connectivity index (χ0) is 16.9. The fourth-order valence-corrected chi connectivity index (χ4v) is 2.26. The topological polar surface area (TPSA) is 77.2 Å². The molecule has 6 nitrogen and oxygen atoms in total. The molecule has 1 N–H and O–H groups in total. The van der Waals surface area contributed by atoms with Gasteiger partial charge in [-0.15, -0.1) is 0 Å². The van der Waals surface area contributed by atoms with E-state index in [0.29, 0.717) is 22.9 Å². The van der Waals surface area contributed by atoms with Gasteiger partial charge in [0.2, 0.25) is 0 Å². The number of amides is 1. The summed E-state index contributed by atoms with van der Waals surface area (Å²) in [4.78, 5) is 16.6. The van der Waals surface area contributed by atoms with E-state index in [1.165, 1.54) is 0 Å². The van der Waals surface area contributed by atoms with E-state index < -0.39 is 0 Å². The van der Waals surface area contributed by atoms with Crippen molar-refractivity contribution in [1.82, 2.24) is 10.1 Å². The van der Waals surface area contributed by atoms with Crippen molar-refractivity contribution in [3.8, 4) is 5.75 Å². The number of ether oxygens (including phenoxy) is 1. The van der Waals surface area contributed by atoms with E-state index in [1.807, 2.05) is 26.0 Å². The van der Waals surface area contributed by atoms with Crippen LogP contribution < -0.4 is 10.1 Å². The fraction of sp³-hybridized carbons (Fsp3) is 0.167. The lowest BCUT2D eigenvalue weighted by molar-refractivity contribution is 0.102. The molecule has 0 aliphatic heterocycles. The number of carbonyl (C=O) groups is 1. The summed E-state index contributed by atoms with van der Waals surface area (Å²) in [5, 5.41) is 6.65. The number of aromatic nitrogens is 2. The third kappa shape index (κ3) is 3.43. The monoisotopic (exact) mass is 323 g/mol. The van der Waals surface area contributed by atoms with E-state index >= 15 is 0 Å². The van der Waals surface area contributed by atoms with Gasteiger partial charge in [0.25, 0.3) is 5.91 Å². The number of nitrogens with one attached hydrogen (secondary N) is 1. The quantitative estimate of drug-likeness (QED) is 0.777. The number of pyridine rings is 1. The van der Waals surface area contributed by atoms with Gasteiger partial charge in [0.05, 0.1) is 16.8 Å². The number of hydrogen-bond donors (Lipinski definition) is 1. The molecule has 0 saturated heterocycles. The molecule has 0 aliphatic carbocycles. The summed E-state index contributed by atoms with van der Waals surface area (Å²) in [7, 11) is 0. The summed E-state index contributed by atoms with van der Waals surface area (Å²) in [5.41, 5.74) is 2.10. The summed E-state index contributed by atoms with van der Waals surface area (Å²) in [6.07, 6.45) is 1.62. The molecule has 3 aromatic rings. The minimum Gasteiger partial charge on any atom is -0.488 e. The van der Waals surface area contributed by atoms with E-state index in [-0.39, 0.29) is 12.5 Å². The Morgan fingerprint density at radius 1 is 1.17 bits per heavy atom. The van der Waals surface area contributed by atoms with Gasteiger partial charge in [0.1, 0.15) is 23.9 Å². The standard InChI is InChI=1S/C18H17N3O3/c1-12-15(13(2)24-21-12)11-23-16-8-4-3-7-14(16)18(22)20-17-9-5-6-10-19-17/h3-10H,11H2,1-2H3,(H,19,20,22). The molecule has 0 aliphatic rings. The lowest BCUT2D eigenvalue weighted by atomic mass is 10.2. The molecular formula is C18H17N3O3. The Morgan fingerprint density at radius 3 is 2.67 bits per heavy atom. The van der Waals surface area contributed by atoms with Gasteiger partial charge in [0.15, 0.2) is 0 Å². The van der Waals surface area contributed by atoms with Crippen LogP contribution in [0.15, 0.2) is 53.2 Å². The van der Waals surface area contributed by atoms with Crippen molar-refractivity contribution in [3.05, 3.63) is 71.2 Å². The van der Waals surface area contributed by atoms with Crippen molar-refractivity contribution < 1.29 is 14.1 Å². The maximum Gasteiger partial charge on any atom is 0.260 e. The molecule has 24 heavy (non-hydrogen) atoms. The molecule has 6 heteroatoms. The molecule has 0 unspecified atom stereocenters. The highest BCUT2D eigenvalue weighted by molar-refractivity contribution is 6.05. The number of carbonyl (C=O) groups excluding carboxylic acids is 1. The SMILES string of the molecule is Cc1noc(C)c1COc1ccccc1C(=O)Nc1ccccn1. The minimum absolute atomic E-state index is 0.275. The van der Waals surface area contributed by atoms with Crippen LogP contribution in [0.3, 0.4) is 0 Å². The van der Waals surface area contributed by atoms with E-state index in [1.54, 1.807) is 36.5 Å². The first kappa shape index (κ1) is 15.7. The van der Waals surface area contributed by atoms with E-state index in [2.05, 4.69) is 15.5 Å². The van der Waals surface area contributed by atoms with Crippen molar-refractivity contribution in [2.75, 3.05) is 5.32 Å². The molecule has 0 spiro atoms. The average molecular weight is 323 g/mol. The Kier molecular flexibility index (Phi) is 4.56. The van der Waals surface area contributed by atoms with Gasteiger partial charge in [0, 0.05) is 6.20 Å². The molecule has 3 rings (SSSR count). The Morgan fingerprint density at radius 2 is 1.96 bits per heavy atom. The van der Waals surface area contributed by atoms with Gasteiger partial charge in [-0.25, -0.2) is 4.98 Å². The van der Waals surface area contributed by atoms with Crippen LogP contribution in [-0.2, 0) is 6.61 Å². The largest absolute Gasteiger partial charge is 0.488 e. The second kappa shape index (κ2) is 6.95. The van der Waals surface area contributed by atoms with Crippen molar-refractivity contribution in [3.63, 3.8) is 0 Å². The normalized spacial score (nSPS) is 10.4. The Balaban J connectivity index is 1.76. The fourth-order valence-electron chi connectivity index (χ4n) is 2.26. The van der Waals surface area contributed by atoms with Crippen LogP contribution in [0.4, 0.5) is 5.82 Å². The maximum absolute atomic E-state index is 12.5. The maximum atomic E-state index is 12.5. The molecule has 1 amide bonds. The van der Waals surface area contributed by atoms with Crippen molar-refractivity contribution in [2.45, 2.75) is 20.5 Å². The number of para-hydroxylation sites is 1. The first-order valence-electron chi connectivity index (χ1n) is 7.51. The highest BCUT2D eigenvalue weighted by Crippen LogP contribution is 2.22. The molecule has 0 fully saturated rings. The third-order valence-corrected chi connectivity index (χ3v) is 3.59. The third-order valence-electron chi connectivity index (χ3n) is 3.59. The highest BCUT2D eigenvalue weighted by atomic mass is 16.5. The zero-order valence-corrected chi connectivity index (χ0v) is 13.4. The molecule has 0 atom stereocenters. The van der Waals surface area contributed by atoms with Crippen molar-refractivity contribution >= 4 is 11.7 Å². The molecule has 122 valence electrons. The summed E-state index contributed by atoms with van der Waals surface area (Å²) < 4.78 is 10.9. The molecule has 2 heterocycles. The van der Waals surface area contributed by atoms with Crippen LogP contribution in [-0.4, -0.2) is 16.0 Å². The molecule has 2 aromatic heterocycles. The van der Waals surface area contributed by atoms with Crippen LogP contribution in [0.5, 0.6) is 5.75 Å². The molecular weight excluding hydrogens is 306 g/mol. The van der Waals surface area contributed by atoms with Gasteiger partial charge in [-0.3, -0.25) is 4.79 Å². The number of aryl methyl sites for hydroxylation is 2. The second-order valence-corrected chi connectivity index (χ2v) is 5.26. The number of rotatable bonds is 5. The van der Waals surface area contributed by atoms with Gasteiger partial charge in [-0.05, 0) is 38.1 Å².